The molecule has 0 aromatic carbocycles. The van der Waals surface area contributed by atoms with Crippen molar-refractivity contribution in [1.29, 1.82) is 0 Å². The van der Waals surface area contributed by atoms with Crippen LogP contribution >= 0.6 is 0 Å². The highest BCUT2D eigenvalue weighted by Crippen LogP contribution is 2.16. The number of amides is 1. The minimum atomic E-state index is 0.00521. The van der Waals surface area contributed by atoms with Crippen LogP contribution in [0.2, 0.25) is 0 Å². The molecule has 5 heteroatoms. The summed E-state index contributed by atoms with van der Waals surface area (Å²) >= 11 is 0. The molecule has 94 valence electrons. The molecule has 0 saturated heterocycles. The van der Waals surface area contributed by atoms with Crippen molar-refractivity contribution in [3.05, 3.63) is 17.8 Å². The third-order valence-corrected chi connectivity index (χ3v) is 2.55. The van der Waals surface area contributed by atoms with E-state index in [1.54, 1.807) is 6.20 Å². The first-order valence-electron chi connectivity index (χ1n) is 5.82. The van der Waals surface area contributed by atoms with Crippen molar-refractivity contribution in [3.8, 4) is 0 Å². The number of carbonyl (C=O) groups excluding carboxylic acids is 1. The van der Waals surface area contributed by atoms with Crippen molar-refractivity contribution in [2.75, 3.05) is 30.3 Å². The van der Waals surface area contributed by atoms with Crippen molar-refractivity contribution in [1.82, 2.24) is 10.3 Å². The fourth-order valence-corrected chi connectivity index (χ4v) is 1.51. The van der Waals surface area contributed by atoms with Gasteiger partial charge in [0, 0.05) is 13.1 Å². The standard InChI is InChI=1S/C12H20N4O/c1-4-14-12(17)8-16(5-2)11-6-9(3)10(13)7-15-11/h6-7H,4-5,8,13H2,1-3H3,(H,14,17). The van der Waals surface area contributed by atoms with Crippen LogP contribution in [-0.4, -0.2) is 30.5 Å². The lowest BCUT2D eigenvalue weighted by atomic mass is 10.2. The van der Waals surface area contributed by atoms with Gasteiger partial charge in [-0.05, 0) is 32.4 Å². The molecule has 0 saturated carbocycles. The monoisotopic (exact) mass is 236 g/mol. The van der Waals surface area contributed by atoms with E-state index in [1.807, 2.05) is 31.7 Å². The van der Waals surface area contributed by atoms with E-state index in [1.165, 1.54) is 0 Å². The van der Waals surface area contributed by atoms with Gasteiger partial charge in [-0.15, -0.1) is 0 Å². The molecule has 1 aromatic heterocycles. The molecule has 3 N–H and O–H groups in total. The molecule has 0 bridgehead atoms. The largest absolute Gasteiger partial charge is 0.397 e. The van der Waals surface area contributed by atoms with E-state index in [2.05, 4.69) is 10.3 Å². The van der Waals surface area contributed by atoms with Crippen LogP contribution in [0.5, 0.6) is 0 Å². The molecule has 0 aliphatic rings. The van der Waals surface area contributed by atoms with Crippen LogP contribution in [-0.2, 0) is 4.79 Å². The second-order valence-corrected chi connectivity index (χ2v) is 3.87. The van der Waals surface area contributed by atoms with Gasteiger partial charge in [-0.2, -0.15) is 0 Å². The lowest BCUT2D eigenvalue weighted by Gasteiger charge is -2.21. The molecule has 0 spiro atoms. The molecule has 5 nitrogen and oxygen atoms in total. The Morgan fingerprint density at radius 2 is 2.24 bits per heavy atom. The molecule has 0 radical (unpaired) electrons. The number of hydrogen-bond acceptors (Lipinski definition) is 4. The molecular weight excluding hydrogens is 216 g/mol. The maximum Gasteiger partial charge on any atom is 0.239 e. The molecular formula is C12H20N4O. The van der Waals surface area contributed by atoms with Crippen molar-refractivity contribution in [3.63, 3.8) is 0 Å². The quantitative estimate of drug-likeness (QED) is 0.798. The maximum atomic E-state index is 11.5. The van der Waals surface area contributed by atoms with E-state index in [0.29, 0.717) is 18.8 Å². The highest BCUT2D eigenvalue weighted by Gasteiger charge is 2.11. The number of aryl methyl sites for hydroxylation is 1. The Bertz CT molecular complexity index is 392. The number of nitrogens with one attached hydrogen (secondary N) is 1. The molecule has 0 atom stereocenters. The minimum Gasteiger partial charge on any atom is -0.397 e. The Labute approximate surface area is 102 Å². The highest BCUT2D eigenvalue weighted by molar-refractivity contribution is 5.81. The van der Waals surface area contributed by atoms with Gasteiger partial charge in [-0.3, -0.25) is 4.79 Å². The van der Waals surface area contributed by atoms with E-state index >= 15 is 0 Å². The van der Waals surface area contributed by atoms with Gasteiger partial charge in [0.1, 0.15) is 5.82 Å². The number of anilines is 2. The summed E-state index contributed by atoms with van der Waals surface area (Å²) in [6.45, 7) is 7.52. The number of likely N-dealkylation sites (N-methyl/N-ethyl adjacent to an activating group) is 2. The van der Waals surface area contributed by atoms with Crippen LogP contribution < -0.4 is 16.0 Å². The van der Waals surface area contributed by atoms with Gasteiger partial charge in [0.05, 0.1) is 18.4 Å². The number of nitrogens with two attached hydrogens (primary N) is 1. The van der Waals surface area contributed by atoms with Gasteiger partial charge >= 0.3 is 0 Å². The van der Waals surface area contributed by atoms with Crippen LogP contribution in [0.25, 0.3) is 0 Å². The summed E-state index contributed by atoms with van der Waals surface area (Å²) in [5.41, 5.74) is 7.36. The number of nitrogens with zero attached hydrogens (tertiary/aromatic N) is 2. The molecule has 17 heavy (non-hydrogen) atoms. The normalized spacial score (nSPS) is 10.1. The SMILES string of the molecule is CCNC(=O)CN(CC)c1cc(C)c(N)cn1. The zero-order chi connectivity index (χ0) is 12.8. The topological polar surface area (TPSA) is 71.2 Å². The fraction of sp³-hybridized carbons (Fsp3) is 0.500. The molecule has 1 heterocycles. The zero-order valence-corrected chi connectivity index (χ0v) is 10.7. The summed E-state index contributed by atoms with van der Waals surface area (Å²) < 4.78 is 0. The summed E-state index contributed by atoms with van der Waals surface area (Å²) in [4.78, 5) is 17.7. The van der Waals surface area contributed by atoms with E-state index < -0.39 is 0 Å². The van der Waals surface area contributed by atoms with Crippen molar-refractivity contribution in [2.24, 2.45) is 0 Å². The van der Waals surface area contributed by atoms with Gasteiger partial charge in [0.15, 0.2) is 0 Å². The summed E-state index contributed by atoms with van der Waals surface area (Å²) in [7, 11) is 0. The number of rotatable bonds is 5. The highest BCUT2D eigenvalue weighted by atomic mass is 16.2. The predicted octanol–water partition coefficient (Wildman–Crippen LogP) is 0.935. The minimum absolute atomic E-state index is 0.00521. The average molecular weight is 236 g/mol. The zero-order valence-electron chi connectivity index (χ0n) is 10.7. The lowest BCUT2D eigenvalue weighted by molar-refractivity contribution is -0.119. The van der Waals surface area contributed by atoms with Crippen LogP contribution in [0.1, 0.15) is 19.4 Å². The second kappa shape index (κ2) is 6.08. The molecule has 0 aliphatic heterocycles. The number of nitrogen functional groups attached to an aromatic ring is 1. The van der Waals surface area contributed by atoms with Crippen molar-refractivity contribution in [2.45, 2.75) is 20.8 Å². The van der Waals surface area contributed by atoms with Gasteiger partial charge in [-0.1, -0.05) is 0 Å². The molecule has 1 amide bonds. The maximum absolute atomic E-state index is 11.5. The number of carbonyl (C=O) groups is 1. The molecule has 0 unspecified atom stereocenters. The Kier molecular flexibility index (Phi) is 4.75. The number of aromatic nitrogens is 1. The van der Waals surface area contributed by atoms with Crippen molar-refractivity contribution < 1.29 is 4.79 Å². The Morgan fingerprint density at radius 3 is 2.76 bits per heavy atom. The molecule has 0 fully saturated rings. The van der Waals surface area contributed by atoms with Gasteiger partial charge in [0.2, 0.25) is 5.91 Å². The van der Waals surface area contributed by atoms with Gasteiger partial charge < -0.3 is 16.0 Å². The van der Waals surface area contributed by atoms with Gasteiger partial charge in [-0.25, -0.2) is 4.98 Å². The Balaban J connectivity index is 2.79. The summed E-state index contributed by atoms with van der Waals surface area (Å²) in [6, 6.07) is 1.90. The average Bonchev–Trinajstić information content (AvgIpc) is 2.30. The first-order valence-corrected chi connectivity index (χ1v) is 5.82. The number of hydrogen-bond donors (Lipinski definition) is 2. The third-order valence-electron chi connectivity index (χ3n) is 2.55. The van der Waals surface area contributed by atoms with Gasteiger partial charge in [0.25, 0.3) is 0 Å². The van der Waals surface area contributed by atoms with E-state index in [9.17, 15) is 4.79 Å². The fourth-order valence-electron chi connectivity index (χ4n) is 1.51. The summed E-state index contributed by atoms with van der Waals surface area (Å²) in [5, 5.41) is 2.77. The Morgan fingerprint density at radius 1 is 1.53 bits per heavy atom. The van der Waals surface area contributed by atoms with E-state index in [0.717, 1.165) is 17.9 Å². The molecule has 0 aliphatic carbocycles. The van der Waals surface area contributed by atoms with Crippen molar-refractivity contribution >= 4 is 17.4 Å². The first kappa shape index (κ1) is 13.3. The summed E-state index contributed by atoms with van der Waals surface area (Å²) in [5.74, 6) is 0.788. The van der Waals surface area contributed by atoms with Crippen LogP contribution in [0.4, 0.5) is 11.5 Å². The second-order valence-electron chi connectivity index (χ2n) is 3.87. The first-order chi connectivity index (χ1) is 8.08. The smallest absolute Gasteiger partial charge is 0.239 e. The Hall–Kier alpha value is -1.78. The summed E-state index contributed by atoms with van der Waals surface area (Å²) in [6.07, 6.45) is 1.63. The van der Waals surface area contributed by atoms with E-state index in [-0.39, 0.29) is 5.91 Å². The van der Waals surface area contributed by atoms with E-state index in [4.69, 9.17) is 5.73 Å². The van der Waals surface area contributed by atoms with Crippen LogP contribution in [0.3, 0.4) is 0 Å². The number of pyridine rings is 1. The van der Waals surface area contributed by atoms with Crippen LogP contribution in [0.15, 0.2) is 12.3 Å². The van der Waals surface area contributed by atoms with Crippen LogP contribution in [0, 0.1) is 6.92 Å². The third kappa shape index (κ3) is 3.62. The lowest BCUT2D eigenvalue weighted by Crippen LogP contribution is -2.37. The predicted molar refractivity (Wildman–Crippen MR) is 70.0 cm³/mol. The molecule has 1 aromatic rings. The molecule has 1 rings (SSSR count).